The molecule has 0 radical (unpaired) electrons. The normalized spacial score (nSPS) is 12.4. The van der Waals surface area contributed by atoms with Crippen LogP contribution in [0.5, 0.6) is 0 Å². The predicted molar refractivity (Wildman–Crippen MR) is 124 cm³/mol. The Morgan fingerprint density at radius 1 is 1.12 bits per heavy atom. The summed E-state index contributed by atoms with van der Waals surface area (Å²) in [5, 5.41) is 4.82. The maximum absolute atomic E-state index is 12.8. The van der Waals surface area contributed by atoms with Crippen molar-refractivity contribution in [2.24, 2.45) is 0 Å². The number of imidazole rings is 1. The smallest absolute Gasteiger partial charge is 0.251 e. The number of hydrogen-bond acceptors (Lipinski definition) is 5. The molecule has 0 aliphatic rings. The number of thiophene rings is 1. The third kappa shape index (κ3) is 5.13. The van der Waals surface area contributed by atoms with E-state index in [4.69, 9.17) is 0 Å². The molecule has 2 aromatic heterocycles. The molecule has 32 heavy (non-hydrogen) atoms. The molecule has 7 nitrogen and oxygen atoms in total. The SMILES string of the molecule is CC(NC(=O)c1cccc(S(=O)(=O)NCc2cccs2)c1)c1ccc(-n2ccnc2)cc1. The van der Waals surface area contributed by atoms with Gasteiger partial charge in [-0.2, -0.15) is 0 Å². The number of carbonyl (C=O) groups is 1. The zero-order valence-corrected chi connectivity index (χ0v) is 18.9. The zero-order chi connectivity index (χ0) is 22.6. The number of sulfonamides is 1. The molecule has 1 unspecified atom stereocenters. The molecule has 2 N–H and O–H groups in total. The summed E-state index contributed by atoms with van der Waals surface area (Å²) >= 11 is 1.48. The van der Waals surface area contributed by atoms with Gasteiger partial charge in [-0.05, 0) is 54.3 Å². The first-order valence-electron chi connectivity index (χ1n) is 9.94. The highest BCUT2D eigenvalue weighted by Gasteiger charge is 2.17. The largest absolute Gasteiger partial charge is 0.346 e. The second-order valence-corrected chi connectivity index (χ2v) is 9.99. The maximum Gasteiger partial charge on any atom is 0.251 e. The Labute approximate surface area is 190 Å². The highest BCUT2D eigenvalue weighted by molar-refractivity contribution is 7.89. The van der Waals surface area contributed by atoms with E-state index in [1.165, 1.54) is 23.5 Å². The third-order valence-electron chi connectivity index (χ3n) is 4.97. The quantitative estimate of drug-likeness (QED) is 0.412. The van der Waals surface area contributed by atoms with Gasteiger partial charge in [0.25, 0.3) is 5.91 Å². The van der Waals surface area contributed by atoms with Crippen LogP contribution in [0.15, 0.2) is 89.7 Å². The molecule has 4 aromatic rings. The molecule has 0 saturated carbocycles. The number of benzene rings is 2. The van der Waals surface area contributed by atoms with Crippen LogP contribution in [0.3, 0.4) is 0 Å². The molecule has 2 aromatic carbocycles. The molecule has 1 amide bonds. The van der Waals surface area contributed by atoms with Gasteiger partial charge in [0.05, 0.1) is 17.3 Å². The summed E-state index contributed by atoms with van der Waals surface area (Å²) in [5.74, 6) is -0.341. The van der Waals surface area contributed by atoms with Gasteiger partial charge in [0, 0.05) is 35.1 Å². The van der Waals surface area contributed by atoms with Gasteiger partial charge in [0.15, 0.2) is 0 Å². The molecule has 0 bridgehead atoms. The molecule has 2 heterocycles. The van der Waals surface area contributed by atoms with Crippen LogP contribution < -0.4 is 10.0 Å². The summed E-state index contributed by atoms with van der Waals surface area (Å²) in [7, 11) is -3.73. The van der Waals surface area contributed by atoms with Crippen LogP contribution in [0.2, 0.25) is 0 Å². The van der Waals surface area contributed by atoms with Crippen molar-refractivity contribution in [1.29, 1.82) is 0 Å². The minimum Gasteiger partial charge on any atom is -0.346 e. The highest BCUT2D eigenvalue weighted by atomic mass is 32.2. The van der Waals surface area contributed by atoms with Crippen LogP contribution in [0, 0.1) is 0 Å². The number of rotatable bonds is 8. The Kier molecular flexibility index (Phi) is 6.50. The molecule has 9 heteroatoms. The first-order chi connectivity index (χ1) is 15.4. The van der Waals surface area contributed by atoms with E-state index in [9.17, 15) is 13.2 Å². The number of aromatic nitrogens is 2. The van der Waals surface area contributed by atoms with Gasteiger partial charge in [-0.3, -0.25) is 4.79 Å². The fourth-order valence-electron chi connectivity index (χ4n) is 3.18. The minimum atomic E-state index is -3.73. The van der Waals surface area contributed by atoms with E-state index in [1.54, 1.807) is 24.7 Å². The number of hydrogen-bond donors (Lipinski definition) is 2. The first-order valence-corrected chi connectivity index (χ1v) is 12.3. The average Bonchev–Trinajstić information content (AvgIpc) is 3.52. The standard InChI is InChI=1S/C23H22N4O3S2/c1-17(18-7-9-20(10-8-18)27-12-11-24-16-27)26-23(28)19-4-2-6-22(14-19)32(29,30)25-15-21-5-3-13-31-21/h2-14,16-17,25H,15H2,1H3,(H,26,28). The van der Waals surface area contributed by atoms with Crippen LogP contribution in [-0.2, 0) is 16.6 Å². The minimum absolute atomic E-state index is 0.0547. The van der Waals surface area contributed by atoms with Gasteiger partial charge < -0.3 is 9.88 Å². The van der Waals surface area contributed by atoms with Crippen molar-refractivity contribution in [2.75, 3.05) is 0 Å². The molecule has 0 fully saturated rings. The molecule has 4 rings (SSSR count). The molecule has 0 spiro atoms. The molecule has 0 aliphatic heterocycles. The first kappa shape index (κ1) is 21.9. The molecule has 0 saturated heterocycles. The van der Waals surface area contributed by atoms with Gasteiger partial charge in [-0.1, -0.05) is 24.3 Å². The van der Waals surface area contributed by atoms with Crippen molar-refractivity contribution in [1.82, 2.24) is 19.6 Å². The lowest BCUT2D eigenvalue weighted by Crippen LogP contribution is -2.27. The van der Waals surface area contributed by atoms with Gasteiger partial charge >= 0.3 is 0 Å². The van der Waals surface area contributed by atoms with E-state index in [0.717, 1.165) is 16.1 Å². The van der Waals surface area contributed by atoms with Crippen molar-refractivity contribution in [3.05, 3.63) is 101 Å². The van der Waals surface area contributed by atoms with Gasteiger partial charge in [0.2, 0.25) is 10.0 Å². The highest BCUT2D eigenvalue weighted by Crippen LogP contribution is 2.18. The number of nitrogens with one attached hydrogen (secondary N) is 2. The Balaban J connectivity index is 1.43. The zero-order valence-electron chi connectivity index (χ0n) is 17.3. The molecule has 164 valence electrons. The number of nitrogens with zero attached hydrogens (tertiary/aromatic N) is 2. The van der Waals surface area contributed by atoms with Crippen LogP contribution in [0.25, 0.3) is 5.69 Å². The Hall–Kier alpha value is -3.27. The van der Waals surface area contributed by atoms with Crippen molar-refractivity contribution in [3.63, 3.8) is 0 Å². The summed E-state index contributed by atoms with van der Waals surface area (Å²) < 4.78 is 29.7. The topological polar surface area (TPSA) is 93.1 Å². The van der Waals surface area contributed by atoms with Crippen LogP contribution in [-0.4, -0.2) is 23.9 Å². The molecular weight excluding hydrogens is 444 g/mol. The second kappa shape index (κ2) is 9.47. The van der Waals surface area contributed by atoms with Crippen molar-refractivity contribution in [3.8, 4) is 5.69 Å². The monoisotopic (exact) mass is 466 g/mol. The summed E-state index contributed by atoms with van der Waals surface area (Å²) in [6.07, 6.45) is 5.29. The lowest BCUT2D eigenvalue weighted by atomic mass is 10.1. The van der Waals surface area contributed by atoms with E-state index >= 15 is 0 Å². The Morgan fingerprint density at radius 3 is 2.62 bits per heavy atom. The van der Waals surface area contributed by atoms with Gasteiger partial charge in [-0.25, -0.2) is 18.1 Å². The van der Waals surface area contributed by atoms with E-state index < -0.39 is 10.0 Å². The molecule has 1 atom stereocenters. The van der Waals surface area contributed by atoms with E-state index in [2.05, 4.69) is 15.0 Å². The van der Waals surface area contributed by atoms with Crippen molar-refractivity contribution >= 4 is 27.3 Å². The number of carbonyl (C=O) groups excluding carboxylic acids is 1. The fraction of sp³-hybridized carbons (Fsp3) is 0.130. The van der Waals surface area contributed by atoms with E-state index in [-0.39, 0.29) is 29.0 Å². The van der Waals surface area contributed by atoms with Crippen molar-refractivity contribution < 1.29 is 13.2 Å². The van der Waals surface area contributed by atoms with E-state index in [0.29, 0.717) is 0 Å². The van der Waals surface area contributed by atoms with Crippen LogP contribution >= 0.6 is 11.3 Å². The summed E-state index contributed by atoms with van der Waals surface area (Å²) in [6.45, 7) is 2.09. The summed E-state index contributed by atoms with van der Waals surface area (Å²) in [4.78, 5) is 17.8. The van der Waals surface area contributed by atoms with Crippen LogP contribution in [0.4, 0.5) is 0 Å². The maximum atomic E-state index is 12.8. The van der Waals surface area contributed by atoms with E-state index in [1.807, 2.05) is 59.5 Å². The molecule has 0 aliphatic carbocycles. The van der Waals surface area contributed by atoms with Gasteiger partial charge in [-0.15, -0.1) is 11.3 Å². The lowest BCUT2D eigenvalue weighted by Gasteiger charge is -2.15. The summed E-state index contributed by atoms with van der Waals surface area (Å²) in [6, 6.07) is 17.3. The van der Waals surface area contributed by atoms with Crippen molar-refractivity contribution in [2.45, 2.75) is 24.4 Å². The summed E-state index contributed by atoms with van der Waals surface area (Å²) in [5.41, 5.74) is 2.19. The Morgan fingerprint density at radius 2 is 1.94 bits per heavy atom. The third-order valence-corrected chi connectivity index (χ3v) is 7.24. The van der Waals surface area contributed by atoms with Crippen LogP contribution in [0.1, 0.15) is 33.8 Å². The number of amides is 1. The lowest BCUT2D eigenvalue weighted by molar-refractivity contribution is 0.0939. The second-order valence-electron chi connectivity index (χ2n) is 7.19. The average molecular weight is 467 g/mol. The fourth-order valence-corrected chi connectivity index (χ4v) is 4.97. The Bertz CT molecular complexity index is 1280. The molecular formula is C23H22N4O3S2. The predicted octanol–water partition coefficient (Wildman–Crippen LogP) is 3.90. The van der Waals surface area contributed by atoms with Gasteiger partial charge in [0.1, 0.15) is 0 Å².